The number of amides is 1. The van der Waals surface area contributed by atoms with Crippen molar-refractivity contribution in [1.82, 2.24) is 4.90 Å². The van der Waals surface area contributed by atoms with Crippen molar-refractivity contribution in [1.29, 1.82) is 0 Å². The van der Waals surface area contributed by atoms with Gasteiger partial charge in [0.2, 0.25) is 0 Å². The van der Waals surface area contributed by atoms with Crippen LogP contribution in [0.3, 0.4) is 0 Å². The second-order valence-corrected chi connectivity index (χ2v) is 9.05. The number of rotatable bonds is 7. The van der Waals surface area contributed by atoms with E-state index in [-0.39, 0.29) is 23.2 Å². The molecular formula is C27H31NO5. The van der Waals surface area contributed by atoms with E-state index in [0.29, 0.717) is 30.7 Å². The molecule has 1 fully saturated rings. The molecule has 0 saturated carbocycles. The molecule has 6 nitrogen and oxygen atoms in total. The predicted octanol–water partition coefficient (Wildman–Crippen LogP) is 4.51. The number of nitrogens with zero attached hydrogens (tertiary/aromatic N) is 1. The van der Waals surface area contributed by atoms with Crippen molar-refractivity contribution in [2.24, 2.45) is 0 Å². The molecule has 0 radical (unpaired) electrons. The van der Waals surface area contributed by atoms with Crippen LogP contribution in [0.2, 0.25) is 0 Å². The minimum Gasteiger partial charge on any atom is -0.508 e. The molecule has 4 rings (SSSR count). The zero-order valence-corrected chi connectivity index (χ0v) is 19.2. The quantitative estimate of drug-likeness (QED) is 0.281. The smallest absolute Gasteiger partial charge is 0.295 e. The van der Waals surface area contributed by atoms with Gasteiger partial charge >= 0.3 is 0 Å². The maximum absolute atomic E-state index is 13.1. The van der Waals surface area contributed by atoms with Gasteiger partial charge in [0.25, 0.3) is 11.7 Å². The first-order valence-electron chi connectivity index (χ1n) is 11.7. The lowest BCUT2D eigenvalue weighted by Crippen LogP contribution is -2.31. The van der Waals surface area contributed by atoms with Gasteiger partial charge in [-0.05, 0) is 80.8 Å². The minimum absolute atomic E-state index is 0.0370. The molecule has 1 atom stereocenters. The average molecular weight is 450 g/mol. The molecule has 174 valence electrons. The van der Waals surface area contributed by atoms with E-state index in [1.807, 2.05) is 32.0 Å². The van der Waals surface area contributed by atoms with Gasteiger partial charge in [-0.15, -0.1) is 0 Å². The van der Waals surface area contributed by atoms with E-state index >= 15 is 0 Å². The number of carbonyl (C=O) groups is 2. The van der Waals surface area contributed by atoms with Crippen molar-refractivity contribution >= 4 is 17.4 Å². The van der Waals surface area contributed by atoms with Crippen molar-refractivity contribution in [2.45, 2.75) is 58.1 Å². The van der Waals surface area contributed by atoms with Gasteiger partial charge in [-0.1, -0.05) is 24.3 Å². The molecule has 6 heteroatoms. The summed E-state index contributed by atoms with van der Waals surface area (Å²) in [4.78, 5) is 27.6. The molecule has 2 aliphatic rings. The first-order chi connectivity index (χ1) is 15.9. The Morgan fingerprint density at radius 3 is 2.58 bits per heavy atom. The Morgan fingerprint density at radius 2 is 1.85 bits per heavy atom. The summed E-state index contributed by atoms with van der Waals surface area (Å²) in [6.45, 7) is 4.64. The van der Waals surface area contributed by atoms with Gasteiger partial charge in [0.05, 0.1) is 17.7 Å². The van der Waals surface area contributed by atoms with Crippen LogP contribution in [0.1, 0.15) is 61.4 Å². The van der Waals surface area contributed by atoms with E-state index in [1.165, 1.54) is 28.2 Å². The Bertz CT molecular complexity index is 1090. The number of hydrogen-bond donors (Lipinski definition) is 2. The van der Waals surface area contributed by atoms with Gasteiger partial charge in [0.15, 0.2) is 0 Å². The number of aromatic hydroxyl groups is 1. The van der Waals surface area contributed by atoms with Crippen molar-refractivity contribution in [3.63, 3.8) is 0 Å². The van der Waals surface area contributed by atoms with Crippen molar-refractivity contribution in [3.05, 3.63) is 70.3 Å². The Hall–Kier alpha value is -3.12. The second kappa shape index (κ2) is 9.79. The van der Waals surface area contributed by atoms with E-state index in [4.69, 9.17) is 4.74 Å². The van der Waals surface area contributed by atoms with Gasteiger partial charge < -0.3 is 19.8 Å². The molecule has 2 aromatic carbocycles. The second-order valence-electron chi connectivity index (χ2n) is 9.05. The third-order valence-corrected chi connectivity index (χ3v) is 6.34. The number of aliphatic hydroxyl groups excluding tert-OH is 1. The first-order valence-corrected chi connectivity index (χ1v) is 11.7. The molecule has 0 spiro atoms. The van der Waals surface area contributed by atoms with Crippen LogP contribution in [-0.2, 0) is 27.2 Å². The fourth-order valence-electron chi connectivity index (χ4n) is 4.74. The molecule has 33 heavy (non-hydrogen) atoms. The fraction of sp³-hybridized carbons (Fsp3) is 0.407. The molecule has 0 aromatic heterocycles. The maximum Gasteiger partial charge on any atom is 0.295 e. The van der Waals surface area contributed by atoms with Crippen LogP contribution in [-0.4, -0.2) is 46.1 Å². The van der Waals surface area contributed by atoms with Crippen LogP contribution in [0.4, 0.5) is 0 Å². The molecule has 1 heterocycles. The number of aliphatic hydroxyl groups is 1. The SMILES string of the molecule is CC(C)OCCCN1C(=O)C(=O)/C(=C(\O)c2ccc3c(c2)CCCC3)C1c1cccc(O)c1. The highest BCUT2D eigenvalue weighted by atomic mass is 16.5. The van der Waals surface area contributed by atoms with E-state index in [9.17, 15) is 19.8 Å². The molecule has 0 bridgehead atoms. The number of phenols is 1. The number of carbonyl (C=O) groups excluding carboxylic acids is 2. The number of hydrogen-bond acceptors (Lipinski definition) is 5. The normalized spacial score (nSPS) is 19.8. The zero-order chi connectivity index (χ0) is 23.5. The maximum atomic E-state index is 13.1. The van der Waals surface area contributed by atoms with Gasteiger partial charge in [-0.25, -0.2) is 0 Å². The van der Waals surface area contributed by atoms with Crippen LogP contribution in [0, 0.1) is 0 Å². The summed E-state index contributed by atoms with van der Waals surface area (Å²) < 4.78 is 5.60. The summed E-state index contributed by atoms with van der Waals surface area (Å²) in [5, 5.41) is 21.3. The third-order valence-electron chi connectivity index (χ3n) is 6.34. The van der Waals surface area contributed by atoms with Gasteiger partial charge in [-0.2, -0.15) is 0 Å². The number of phenolic OH excluding ortho intramolecular Hbond substituents is 1. The van der Waals surface area contributed by atoms with E-state index < -0.39 is 17.7 Å². The largest absolute Gasteiger partial charge is 0.508 e. The number of aryl methyl sites for hydroxylation is 2. The topological polar surface area (TPSA) is 87.1 Å². The number of fused-ring (bicyclic) bond motifs is 1. The number of ketones is 1. The summed E-state index contributed by atoms with van der Waals surface area (Å²) in [6.07, 6.45) is 4.84. The number of likely N-dealkylation sites (tertiary alicyclic amines) is 1. The minimum atomic E-state index is -0.771. The third kappa shape index (κ3) is 4.81. The van der Waals surface area contributed by atoms with Gasteiger partial charge in [0, 0.05) is 18.7 Å². The van der Waals surface area contributed by atoms with E-state index in [0.717, 1.165) is 25.7 Å². The van der Waals surface area contributed by atoms with E-state index in [1.54, 1.807) is 12.1 Å². The van der Waals surface area contributed by atoms with Crippen LogP contribution < -0.4 is 0 Å². The highest BCUT2D eigenvalue weighted by molar-refractivity contribution is 6.46. The Kier molecular flexibility index (Phi) is 6.84. The molecule has 2 N–H and O–H groups in total. The molecule has 1 amide bonds. The average Bonchev–Trinajstić information content (AvgIpc) is 3.06. The summed E-state index contributed by atoms with van der Waals surface area (Å²) >= 11 is 0. The summed E-state index contributed by atoms with van der Waals surface area (Å²) in [7, 11) is 0. The van der Waals surface area contributed by atoms with Crippen LogP contribution >= 0.6 is 0 Å². The summed E-state index contributed by atoms with van der Waals surface area (Å²) in [5.41, 5.74) is 3.64. The number of ether oxygens (including phenoxy) is 1. The van der Waals surface area contributed by atoms with Crippen LogP contribution in [0.15, 0.2) is 48.0 Å². The molecule has 1 saturated heterocycles. The molecule has 1 unspecified atom stereocenters. The lowest BCUT2D eigenvalue weighted by Gasteiger charge is -2.25. The van der Waals surface area contributed by atoms with Gasteiger partial charge in [0.1, 0.15) is 11.5 Å². The molecule has 2 aromatic rings. The van der Waals surface area contributed by atoms with Crippen molar-refractivity contribution < 1.29 is 24.5 Å². The highest BCUT2D eigenvalue weighted by Gasteiger charge is 2.45. The fourth-order valence-corrected chi connectivity index (χ4v) is 4.74. The summed E-state index contributed by atoms with van der Waals surface area (Å²) in [6, 6.07) is 11.5. The lowest BCUT2D eigenvalue weighted by atomic mass is 9.88. The number of benzene rings is 2. The molecular weight excluding hydrogens is 418 g/mol. The van der Waals surface area contributed by atoms with E-state index in [2.05, 4.69) is 0 Å². The Balaban J connectivity index is 1.74. The molecule has 1 aliphatic carbocycles. The van der Waals surface area contributed by atoms with Gasteiger partial charge in [-0.3, -0.25) is 9.59 Å². The van der Waals surface area contributed by atoms with Crippen LogP contribution in [0.5, 0.6) is 5.75 Å². The Morgan fingerprint density at radius 1 is 1.09 bits per heavy atom. The monoisotopic (exact) mass is 449 g/mol. The standard InChI is InChI=1S/C27H31NO5/c1-17(2)33-14-6-13-28-24(20-9-5-10-22(29)16-20)23(26(31)27(28)32)25(30)21-12-11-18-7-3-4-8-19(18)15-21/h5,9-12,15-17,24,29-30H,3-4,6-8,13-14H2,1-2H3/b25-23-. The number of Topliss-reactive ketones (excluding diaryl/α,β-unsaturated/α-hetero) is 1. The van der Waals surface area contributed by atoms with Crippen molar-refractivity contribution in [2.75, 3.05) is 13.2 Å². The predicted molar refractivity (Wildman–Crippen MR) is 126 cm³/mol. The zero-order valence-electron chi connectivity index (χ0n) is 19.2. The van der Waals surface area contributed by atoms with Crippen molar-refractivity contribution in [3.8, 4) is 5.75 Å². The lowest BCUT2D eigenvalue weighted by molar-refractivity contribution is -0.140. The summed E-state index contributed by atoms with van der Waals surface area (Å²) in [5.74, 6) is -1.48. The first kappa shape index (κ1) is 23.1. The molecule has 1 aliphatic heterocycles. The highest BCUT2D eigenvalue weighted by Crippen LogP contribution is 2.40. The van der Waals surface area contributed by atoms with Crippen LogP contribution in [0.25, 0.3) is 5.76 Å². The Labute approximate surface area is 194 Å².